The lowest BCUT2D eigenvalue weighted by molar-refractivity contribution is 0.250. The molecule has 134 valence electrons. The number of aromatic nitrogens is 2. The smallest absolute Gasteiger partial charge is 0.319 e. The third kappa shape index (κ3) is 5.29. The average Bonchev–Trinajstić information content (AvgIpc) is 3.09. The predicted octanol–water partition coefficient (Wildman–Crippen LogP) is 4.10. The van der Waals surface area contributed by atoms with E-state index in [9.17, 15) is 4.79 Å². The van der Waals surface area contributed by atoms with E-state index in [0.29, 0.717) is 19.6 Å². The second kappa shape index (κ2) is 8.96. The SMILES string of the molecule is Cc1csc(-c2cccc(NC(=O)NCCCOc3ccncc3)c2)n1. The molecule has 0 saturated carbocycles. The van der Waals surface area contributed by atoms with E-state index in [4.69, 9.17) is 4.74 Å². The van der Waals surface area contributed by atoms with E-state index >= 15 is 0 Å². The molecule has 7 heteroatoms. The molecular formula is C19H20N4O2S. The number of anilines is 1. The maximum absolute atomic E-state index is 12.0. The molecule has 2 aromatic heterocycles. The zero-order valence-corrected chi connectivity index (χ0v) is 15.3. The molecule has 0 aliphatic rings. The Bertz CT molecular complexity index is 852. The summed E-state index contributed by atoms with van der Waals surface area (Å²) in [7, 11) is 0. The Labute approximate surface area is 156 Å². The van der Waals surface area contributed by atoms with Gasteiger partial charge in [-0.1, -0.05) is 12.1 Å². The Kier molecular flexibility index (Phi) is 6.16. The van der Waals surface area contributed by atoms with Gasteiger partial charge in [-0.2, -0.15) is 0 Å². The number of carbonyl (C=O) groups is 1. The van der Waals surface area contributed by atoms with E-state index < -0.39 is 0 Å². The highest BCUT2D eigenvalue weighted by Crippen LogP contribution is 2.25. The van der Waals surface area contributed by atoms with Crippen LogP contribution in [0.1, 0.15) is 12.1 Å². The van der Waals surface area contributed by atoms with E-state index in [-0.39, 0.29) is 6.03 Å². The third-order valence-electron chi connectivity index (χ3n) is 3.51. The maximum Gasteiger partial charge on any atom is 0.319 e. The number of amides is 2. The normalized spacial score (nSPS) is 10.3. The van der Waals surface area contributed by atoms with Crippen molar-refractivity contribution in [2.75, 3.05) is 18.5 Å². The molecular weight excluding hydrogens is 348 g/mol. The van der Waals surface area contributed by atoms with Crippen molar-refractivity contribution in [3.63, 3.8) is 0 Å². The largest absolute Gasteiger partial charge is 0.493 e. The van der Waals surface area contributed by atoms with Crippen LogP contribution >= 0.6 is 11.3 Å². The van der Waals surface area contributed by atoms with E-state index in [1.54, 1.807) is 35.9 Å². The molecule has 0 fully saturated rings. The first-order valence-electron chi connectivity index (χ1n) is 8.31. The standard InChI is InChI=1S/C19H20N4O2S/c1-14-13-26-18(22-14)15-4-2-5-16(12-15)23-19(24)21-8-3-11-25-17-6-9-20-10-7-17/h2,4-7,9-10,12-13H,3,8,11H2,1H3,(H2,21,23,24). The number of hydrogen-bond acceptors (Lipinski definition) is 5. The monoisotopic (exact) mass is 368 g/mol. The van der Waals surface area contributed by atoms with Crippen LogP contribution in [0.3, 0.4) is 0 Å². The minimum Gasteiger partial charge on any atom is -0.493 e. The van der Waals surface area contributed by atoms with Crippen LogP contribution < -0.4 is 15.4 Å². The van der Waals surface area contributed by atoms with Gasteiger partial charge in [-0.15, -0.1) is 11.3 Å². The summed E-state index contributed by atoms with van der Waals surface area (Å²) < 4.78 is 5.56. The number of rotatable bonds is 7. The quantitative estimate of drug-likeness (QED) is 0.616. The minimum absolute atomic E-state index is 0.235. The molecule has 0 unspecified atom stereocenters. The molecule has 0 aliphatic heterocycles. The lowest BCUT2D eigenvalue weighted by Gasteiger charge is -2.09. The Morgan fingerprint density at radius 1 is 1.23 bits per heavy atom. The number of nitrogens with zero attached hydrogens (tertiary/aromatic N) is 2. The minimum atomic E-state index is -0.235. The van der Waals surface area contributed by atoms with Gasteiger partial charge >= 0.3 is 6.03 Å². The van der Waals surface area contributed by atoms with Gasteiger partial charge in [0.05, 0.1) is 6.61 Å². The second-order valence-corrected chi connectivity index (χ2v) is 6.50. The van der Waals surface area contributed by atoms with E-state index in [1.165, 1.54) is 0 Å². The van der Waals surface area contributed by atoms with Gasteiger partial charge in [0.25, 0.3) is 0 Å². The highest BCUT2D eigenvalue weighted by atomic mass is 32.1. The zero-order valence-electron chi connectivity index (χ0n) is 14.4. The summed E-state index contributed by atoms with van der Waals surface area (Å²) in [5.74, 6) is 0.777. The number of pyridine rings is 1. The molecule has 26 heavy (non-hydrogen) atoms. The maximum atomic E-state index is 12.0. The Hall–Kier alpha value is -2.93. The summed E-state index contributed by atoms with van der Waals surface area (Å²) in [5, 5.41) is 8.62. The molecule has 0 aliphatic carbocycles. The highest BCUT2D eigenvalue weighted by Gasteiger charge is 2.06. The molecule has 1 aromatic carbocycles. The van der Waals surface area contributed by atoms with Crippen molar-refractivity contribution in [1.29, 1.82) is 0 Å². The van der Waals surface area contributed by atoms with E-state index in [0.717, 1.165) is 27.7 Å². The number of ether oxygens (including phenoxy) is 1. The molecule has 0 saturated heterocycles. The van der Waals surface area contributed by atoms with Gasteiger partial charge in [-0.25, -0.2) is 9.78 Å². The van der Waals surface area contributed by atoms with Gasteiger partial charge in [0.1, 0.15) is 10.8 Å². The fraction of sp³-hybridized carbons (Fsp3) is 0.211. The Morgan fingerprint density at radius 3 is 2.85 bits per heavy atom. The molecule has 3 aromatic rings. The van der Waals surface area contributed by atoms with Gasteiger partial charge in [0, 0.05) is 41.3 Å². The lowest BCUT2D eigenvalue weighted by Crippen LogP contribution is -2.30. The van der Waals surface area contributed by atoms with Crippen LogP contribution in [0, 0.1) is 6.92 Å². The first kappa shape index (κ1) is 17.9. The number of carbonyl (C=O) groups excluding carboxylic acids is 1. The molecule has 6 nitrogen and oxygen atoms in total. The molecule has 0 radical (unpaired) electrons. The van der Waals surface area contributed by atoms with Crippen molar-refractivity contribution < 1.29 is 9.53 Å². The van der Waals surface area contributed by atoms with Crippen LogP contribution in [-0.2, 0) is 0 Å². The summed E-state index contributed by atoms with van der Waals surface area (Å²) in [6.45, 7) is 3.03. The van der Waals surface area contributed by atoms with Gasteiger partial charge in [-0.3, -0.25) is 4.98 Å². The average molecular weight is 368 g/mol. The van der Waals surface area contributed by atoms with Crippen molar-refractivity contribution in [2.24, 2.45) is 0 Å². The molecule has 3 rings (SSSR count). The highest BCUT2D eigenvalue weighted by molar-refractivity contribution is 7.13. The van der Waals surface area contributed by atoms with E-state index in [1.807, 2.05) is 36.6 Å². The first-order chi connectivity index (χ1) is 12.7. The van der Waals surface area contributed by atoms with Gasteiger partial charge in [-0.05, 0) is 37.6 Å². The van der Waals surface area contributed by atoms with Crippen LogP contribution in [0.15, 0.2) is 54.2 Å². The van der Waals surface area contributed by atoms with E-state index in [2.05, 4.69) is 20.6 Å². The Balaban J connectivity index is 1.42. The van der Waals surface area contributed by atoms with Crippen molar-refractivity contribution >= 4 is 23.1 Å². The third-order valence-corrected chi connectivity index (χ3v) is 4.52. The molecule has 0 atom stereocenters. The van der Waals surface area contributed by atoms with Gasteiger partial charge < -0.3 is 15.4 Å². The van der Waals surface area contributed by atoms with Crippen molar-refractivity contribution in [2.45, 2.75) is 13.3 Å². The fourth-order valence-corrected chi connectivity index (χ4v) is 3.09. The number of thiazole rings is 1. The van der Waals surface area contributed by atoms with Gasteiger partial charge in [0.15, 0.2) is 0 Å². The molecule has 0 spiro atoms. The van der Waals surface area contributed by atoms with Crippen LogP contribution in [0.4, 0.5) is 10.5 Å². The van der Waals surface area contributed by atoms with Crippen molar-refractivity contribution in [3.8, 4) is 16.3 Å². The first-order valence-corrected chi connectivity index (χ1v) is 9.19. The van der Waals surface area contributed by atoms with Gasteiger partial charge in [0.2, 0.25) is 0 Å². The Morgan fingerprint density at radius 2 is 2.08 bits per heavy atom. The second-order valence-electron chi connectivity index (χ2n) is 5.64. The van der Waals surface area contributed by atoms with Crippen molar-refractivity contribution in [1.82, 2.24) is 15.3 Å². The number of benzene rings is 1. The molecule has 2 N–H and O–H groups in total. The van der Waals surface area contributed by atoms with Crippen LogP contribution in [-0.4, -0.2) is 29.2 Å². The number of aryl methyl sites for hydroxylation is 1. The fourth-order valence-electron chi connectivity index (χ4n) is 2.29. The van der Waals surface area contributed by atoms with Crippen molar-refractivity contribution in [3.05, 3.63) is 59.9 Å². The number of nitrogens with one attached hydrogen (secondary N) is 2. The molecule has 0 bridgehead atoms. The van der Waals surface area contributed by atoms with Crippen LogP contribution in [0.25, 0.3) is 10.6 Å². The lowest BCUT2D eigenvalue weighted by atomic mass is 10.2. The van der Waals surface area contributed by atoms with Crippen LogP contribution in [0.2, 0.25) is 0 Å². The summed E-state index contributed by atoms with van der Waals surface area (Å²) in [4.78, 5) is 20.4. The molecule has 2 heterocycles. The summed E-state index contributed by atoms with van der Waals surface area (Å²) >= 11 is 1.59. The molecule has 2 amide bonds. The topological polar surface area (TPSA) is 76.1 Å². The summed E-state index contributed by atoms with van der Waals surface area (Å²) in [5.41, 5.74) is 2.72. The number of hydrogen-bond donors (Lipinski definition) is 2. The summed E-state index contributed by atoms with van der Waals surface area (Å²) in [6, 6.07) is 11.0. The zero-order chi connectivity index (χ0) is 18.2. The van der Waals surface area contributed by atoms with Crippen LogP contribution in [0.5, 0.6) is 5.75 Å². The predicted molar refractivity (Wildman–Crippen MR) is 104 cm³/mol. The summed E-state index contributed by atoms with van der Waals surface area (Å²) in [6.07, 6.45) is 4.08. The number of urea groups is 1.